The van der Waals surface area contributed by atoms with Gasteiger partial charge in [-0.2, -0.15) is 0 Å². The summed E-state index contributed by atoms with van der Waals surface area (Å²) in [6.07, 6.45) is 5.50. The second-order valence-corrected chi connectivity index (χ2v) is 11.8. The lowest BCUT2D eigenvalue weighted by Crippen LogP contribution is -2.60. The summed E-state index contributed by atoms with van der Waals surface area (Å²) in [4.78, 5) is 52.2. The van der Waals surface area contributed by atoms with Crippen molar-refractivity contribution in [3.05, 3.63) is 35.4 Å². The third-order valence-electron chi connectivity index (χ3n) is 8.46. The minimum Gasteiger partial charge on any atom is -0.502 e. The second-order valence-electron chi connectivity index (χ2n) is 10.1. The first kappa shape index (κ1) is 28.0. The van der Waals surface area contributed by atoms with Crippen LogP contribution >= 0.6 is 39.1 Å². The first-order valence-corrected chi connectivity index (χ1v) is 14.4. The predicted octanol–water partition coefficient (Wildman–Crippen LogP) is 3.69. The van der Waals surface area contributed by atoms with Crippen LogP contribution in [0.4, 0.5) is 0 Å². The molecule has 6 atom stereocenters. The van der Waals surface area contributed by atoms with Gasteiger partial charge in [-0.05, 0) is 43.4 Å². The van der Waals surface area contributed by atoms with Crippen LogP contribution in [0.25, 0.3) is 6.08 Å². The maximum absolute atomic E-state index is 13.7. The number of nitrogens with zero attached hydrogens (tertiary/aromatic N) is 2. The number of hydrogen-bond acceptors (Lipinski definition) is 7. The van der Waals surface area contributed by atoms with Crippen LogP contribution in [0.1, 0.15) is 25.3 Å². The highest BCUT2D eigenvalue weighted by Crippen LogP contribution is 2.63. The maximum atomic E-state index is 13.7. The average Bonchev–Trinajstić information content (AvgIpc) is 3.25. The number of fused-ring (bicyclic) bond motifs is 4. The Labute approximate surface area is 243 Å². The van der Waals surface area contributed by atoms with Gasteiger partial charge in [0.25, 0.3) is 11.8 Å². The molecule has 208 valence electrons. The Morgan fingerprint density at radius 2 is 1.69 bits per heavy atom. The molecular weight excluding hydrogens is 615 g/mol. The molecule has 2 aliphatic carbocycles. The lowest BCUT2D eigenvalue weighted by Gasteiger charge is -2.49. The van der Waals surface area contributed by atoms with Crippen LogP contribution in [0, 0.1) is 23.7 Å². The van der Waals surface area contributed by atoms with Gasteiger partial charge in [-0.15, -0.1) is 23.2 Å². The summed E-state index contributed by atoms with van der Waals surface area (Å²) in [6.45, 7) is 1.99. The molecule has 2 heterocycles. The summed E-state index contributed by atoms with van der Waals surface area (Å²) < 4.78 is 10.5. The van der Waals surface area contributed by atoms with Crippen LogP contribution in [0.5, 0.6) is 17.2 Å². The molecule has 1 N–H and O–H groups in total. The number of methoxy groups -OCH3 is 2. The van der Waals surface area contributed by atoms with E-state index in [1.807, 2.05) is 6.08 Å². The summed E-state index contributed by atoms with van der Waals surface area (Å²) in [5.41, 5.74) is 1.18. The number of halogens is 3. The van der Waals surface area contributed by atoms with Crippen LogP contribution < -0.4 is 9.47 Å². The highest BCUT2D eigenvalue weighted by molar-refractivity contribution is 9.09. The van der Waals surface area contributed by atoms with Crippen molar-refractivity contribution in [3.8, 4) is 17.2 Å². The molecule has 4 aliphatic rings. The van der Waals surface area contributed by atoms with Crippen molar-refractivity contribution in [1.82, 2.24) is 9.80 Å². The molecule has 3 fully saturated rings. The van der Waals surface area contributed by atoms with Crippen molar-refractivity contribution >= 4 is 68.8 Å². The highest BCUT2D eigenvalue weighted by Gasteiger charge is 2.75. The number of ether oxygens (including phenoxy) is 2. The fraction of sp³-hybridized carbons (Fsp3) is 0.481. The SMILES string of the molecule is CCN1C(=O)[C@H]2[C@H](CC=C3[C@H]2C[C@@]2(Cl)C(=O)N(CBr)C(=O)[C@@]2(Cl)[C@H]3C=Cc2cc(OC)c(O)c(OC)c2)C1=O. The number of allylic oxidation sites excluding steroid dienone is 3. The minimum absolute atomic E-state index is 0.0547. The molecule has 1 saturated carbocycles. The van der Waals surface area contributed by atoms with Crippen molar-refractivity contribution < 1.29 is 33.8 Å². The van der Waals surface area contributed by atoms with Crippen molar-refractivity contribution in [2.75, 3.05) is 26.2 Å². The number of amides is 4. The number of aromatic hydroxyl groups is 1. The maximum Gasteiger partial charge on any atom is 0.254 e. The fourth-order valence-corrected chi connectivity index (χ4v) is 7.98. The van der Waals surface area contributed by atoms with Gasteiger partial charge in [-0.3, -0.25) is 29.0 Å². The van der Waals surface area contributed by atoms with Crippen LogP contribution in [-0.2, 0) is 19.2 Å². The van der Waals surface area contributed by atoms with Gasteiger partial charge in [-0.25, -0.2) is 0 Å². The first-order valence-electron chi connectivity index (χ1n) is 12.5. The van der Waals surface area contributed by atoms with Crippen LogP contribution in [-0.4, -0.2) is 74.5 Å². The Morgan fingerprint density at radius 1 is 1.05 bits per heavy atom. The summed E-state index contributed by atoms with van der Waals surface area (Å²) in [5.74, 6) is -4.31. The number of carbonyl (C=O) groups is 4. The number of carbonyl (C=O) groups excluding carboxylic acids is 4. The molecule has 0 spiro atoms. The number of benzene rings is 1. The minimum atomic E-state index is -1.87. The Morgan fingerprint density at radius 3 is 2.26 bits per heavy atom. The van der Waals surface area contributed by atoms with Gasteiger partial charge in [0.2, 0.25) is 17.6 Å². The fourth-order valence-electron chi connectivity index (χ4n) is 6.60. The molecule has 2 aliphatic heterocycles. The molecule has 0 bridgehead atoms. The molecule has 9 nitrogen and oxygen atoms in total. The monoisotopic (exact) mass is 640 g/mol. The number of phenolic OH excluding ortho intramolecular Hbond substituents is 1. The number of rotatable bonds is 6. The third-order valence-corrected chi connectivity index (χ3v) is 10.4. The molecule has 4 amide bonds. The smallest absolute Gasteiger partial charge is 0.254 e. The van der Waals surface area contributed by atoms with E-state index in [-0.39, 0.29) is 47.5 Å². The number of phenols is 1. The van der Waals surface area contributed by atoms with Gasteiger partial charge in [0, 0.05) is 12.5 Å². The Hall–Kier alpha value is -2.56. The second kappa shape index (κ2) is 9.82. The lowest BCUT2D eigenvalue weighted by molar-refractivity contribution is -0.141. The largest absolute Gasteiger partial charge is 0.502 e. The van der Waals surface area contributed by atoms with Crippen molar-refractivity contribution in [2.24, 2.45) is 23.7 Å². The van der Waals surface area contributed by atoms with Gasteiger partial charge in [0.05, 0.1) is 31.5 Å². The van der Waals surface area contributed by atoms with E-state index in [0.29, 0.717) is 17.6 Å². The highest BCUT2D eigenvalue weighted by atomic mass is 79.9. The van der Waals surface area contributed by atoms with E-state index in [0.717, 1.165) is 4.90 Å². The summed E-state index contributed by atoms with van der Waals surface area (Å²) in [7, 11) is 2.81. The van der Waals surface area contributed by atoms with Crippen molar-refractivity contribution in [1.29, 1.82) is 0 Å². The zero-order valence-electron chi connectivity index (χ0n) is 21.4. The predicted molar refractivity (Wildman–Crippen MR) is 147 cm³/mol. The number of hydrogen-bond donors (Lipinski definition) is 1. The Kier molecular flexibility index (Phi) is 7.04. The summed E-state index contributed by atoms with van der Waals surface area (Å²) >= 11 is 17.5. The van der Waals surface area contributed by atoms with E-state index in [2.05, 4.69) is 15.9 Å². The number of likely N-dealkylation sites (tertiary alicyclic amines) is 2. The zero-order valence-corrected chi connectivity index (χ0v) is 24.5. The van der Waals surface area contributed by atoms with Crippen LogP contribution in [0.15, 0.2) is 29.9 Å². The number of imide groups is 2. The van der Waals surface area contributed by atoms with Crippen LogP contribution in [0.2, 0.25) is 0 Å². The zero-order chi connectivity index (χ0) is 28.4. The van der Waals surface area contributed by atoms with Crippen LogP contribution in [0.3, 0.4) is 0 Å². The van der Waals surface area contributed by atoms with E-state index in [1.165, 1.54) is 19.1 Å². The first-order chi connectivity index (χ1) is 18.5. The number of alkyl halides is 3. The van der Waals surface area contributed by atoms with E-state index in [9.17, 15) is 24.3 Å². The molecule has 12 heteroatoms. The Balaban J connectivity index is 1.66. The van der Waals surface area contributed by atoms with E-state index in [4.69, 9.17) is 32.7 Å². The van der Waals surface area contributed by atoms with Crippen molar-refractivity contribution in [3.63, 3.8) is 0 Å². The summed E-state index contributed by atoms with van der Waals surface area (Å²) in [6, 6.07) is 3.17. The molecule has 0 radical (unpaired) electrons. The van der Waals surface area contributed by atoms with E-state index >= 15 is 0 Å². The molecule has 1 aromatic carbocycles. The van der Waals surface area contributed by atoms with E-state index in [1.54, 1.807) is 31.2 Å². The van der Waals surface area contributed by atoms with Crippen molar-refractivity contribution in [2.45, 2.75) is 29.5 Å². The Bertz CT molecular complexity index is 1320. The molecule has 2 saturated heterocycles. The average molecular weight is 642 g/mol. The molecule has 1 aromatic rings. The summed E-state index contributed by atoms with van der Waals surface area (Å²) in [5, 5.41) is 10.3. The van der Waals surface area contributed by atoms with Gasteiger partial charge in [0.15, 0.2) is 21.2 Å². The molecule has 39 heavy (non-hydrogen) atoms. The quantitative estimate of drug-likeness (QED) is 0.218. The molecule has 0 aromatic heterocycles. The van der Waals surface area contributed by atoms with E-state index < -0.39 is 45.2 Å². The third kappa shape index (κ3) is 3.70. The molecule has 5 rings (SSSR count). The van der Waals surface area contributed by atoms with Gasteiger partial charge >= 0.3 is 0 Å². The lowest BCUT2D eigenvalue weighted by atomic mass is 9.57. The molecular formula is C27H27BrCl2N2O7. The topological polar surface area (TPSA) is 113 Å². The molecule has 0 unspecified atom stereocenters. The van der Waals surface area contributed by atoms with Gasteiger partial charge < -0.3 is 14.6 Å². The van der Waals surface area contributed by atoms with Gasteiger partial charge in [0.1, 0.15) is 0 Å². The van der Waals surface area contributed by atoms with Gasteiger partial charge in [-0.1, -0.05) is 39.7 Å². The normalized spacial score (nSPS) is 33.8. The standard InChI is InChI=1S/C27H27BrCl2N2O7/c1-4-31-22(34)15-7-6-14-16(20(15)23(31)35)11-26(29)24(36)32(12-28)25(37)27(26,30)17(14)8-5-13-9-18(38-2)21(33)19(10-13)39-3/h5-6,8-10,15-17,20,33H,4,7,11-12H2,1-3H3/t15-,16+,17-,20-,26+,27-/m0/s1.